The number of anilines is 1. The number of rotatable bonds is 12. The molecule has 0 fully saturated rings. The molecule has 4 heteroatoms. The second kappa shape index (κ2) is 11.1. The maximum atomic E-state index is 13.1. The molecule has 2 aromatic rings. The summed E-state index contributed by atoms with van der Waals surface area (Å²) < 4.78 is 11.8. The van der Waals surface area contributed by atoms with Gasteiger partial charge in [0.2, 0.25) is 0 Å². The van der Waals surface area contributed by atoms with Crippen molar-refractivity contribution >= 4 is 22.4 Å². The molecule has 0 aliphatic rings. The SMILES string of the molecule is CCCCC[C@@](C)(OCC)C(=O)Nc1ccc(OCCCC)c2ccccc12. The topological polar surface area (TPSA) is 47.6 Å². The molecule has 1 N–H and O–H groups in total. The van der Waals surface area contributed by atoms with Gasteiger partial charge >= 0.3 is 0 Å². The summed E-state index contributed by atoms with van der Waals surface area (Å²) in [5.74, 6) is 0.771. The molecule has 4 nitrogen and oxygen atoms in total. The van der Waals surface area contributed by atoms with Crippen LogP contribution in [0.25, 0.3) is 10.8 Å². The fourth-order valence-corrected chi connectivity index (χ4v) is 3.37. The van der Waals surface area contributed by atoms with E-state index in [1.807, 2.05) is 50.2 Å². The molecule has 0 spiro atoms. The first-order valence-corrected chi connectivity index (χ1v) is 10.7. The number of unbranched alkanes of at least 4 members (excludes halogenated alkanes) is 3. The summed E-state index contributed by atoms with van der Waals surface area (Å²) in [5, 5.41) is 5.11. The van der Waals surface area contributed by atoms with Gasteiger partial charge in [-0.25, -0.2) is 0 Å². The number of nitrogens with one attached hydrogen (secondary N) is 1. The van der Waals surface area contributed by atoms with Gasteiger partial charge in [-0.05, 0) is 38.8 Å². The Bertz CT molecular complexity index is 759. The minimum atomic E-state index is -0.818. The Balaban J connectivity index is 2.24. The predicted molar refractivity (Wildman–Crippen MR) is 117 cm³/mol. The van der Waals surface area contributed by atoms with E-state index in [0.717, 1.165) is 60.7 Å². The van der Waals surface area contributed by atoms with Crippen LogP contribution in [0.2, 0.25) is 0 Å². The van der Waals surface area contributed by atoms with Crippen molar-refractivity contribution in [2.24, 2.45) is 0 Å². The third-order valence-corrected chi connectivity index (χ3v) is 5.09. The van der Waals surface area contributed by atoms with E-state index in [1.54, 1.807) is 0 Å². The largest absolute Gasteiger partial charge is 0.493 e. The van der Waals surface area contributed by atoms with E-state index >= 15 is 0 Å². The van der Waals surface area contributed by atoms with Crippen molar-refractivity contribution < 1.29 is 14.3 Å². The Morgan fingerprint density at radius 1 is 0.964 bits per heavy atom. The van der Waals surface area contributed by atoms with Gasteiger partial charge in [-0.3, -0.25) is 4.79 Å². The van der Waals surface area contributed by atoms with E-state index in [4.69, 9.17) is 9.47 Å². The van der Waals surface area contributed by atoms with Crippen molar-refractivity contribution in [1.82, 2.24) is 0 Å². The lowest BCUT2D eigenvalue weighted by molar-refractivity contribution is -0.139. The van der Waals surface area contributed by atoms with E-state index in [2.05, 4.69) is 19.2 Å². The molecular formula is C24H35NO3. The summed E-state index contributed by atoms with van der Waals surface area (Å²) in [6.45, 7) is 9.35. The summed E-state index contributed by atoms with van der Waals surface area (Å²) in [6.07, 6.45) is 6.04. The zero-order chi connectivity index (χ0) is 20.4. The molecule has 0 saturated carbocycles. The highest BCUT2D eigenvalue weighted by Gasteiger charge is 2.33. The Morgan fingerprint density at radius 2 is 1.68 bits per heavy atom. The van der Waals surface area contributed by atoms with Gasteiger partial charge in [0.15, 0.2) is 0 Å². The number of ether oxygens (including phenoxy) is 2. The number of carbonyl (C=O) groups is 1. The zero-order valence-electron chi connectivity index (χ0n) is 17.8. The third-order valence-electron chi connectivity index (χ3n) is 5.09. The average molecular weight is 386 g/mol. The Kier molecular flexibility index (Phi) is 8.78. The maximum absolute atomic E-state index is 13.1. The van der Waals surface area contributed by atoms with E-state index in [9.17, 15) is 4.79 Å². The van der Waals surface area contributed by atoms with Gasteiger partial charge in [-0.15, -0.1) is 0 Å². The zero-order valence-corrected chi connectivity index (χ0v) is 17.8. The van der Waals surface area contributed by atoms with Crippen LogP contribution in [0.5, 0.6) is 5.75 Å². The minimum absolute atomic E-state index is 0.0877. The second-order valence-electron chi connectivity index (χ2n) is 7.43. The highest BCUT2D eigenvalue weighted by atomic mass is 16.5. The first kappa shape index (κ1) is 22.2. The molecule has 2 rings (SSSR count). The van der Waals surface area contributed by atoms with Crippen LogP contribution in [-0.2, 0) is 9.53 Å². The third kappa shape index (κ3) is 5.71. The average Bonchev–Trinajstić information content (AvgIpc) is 2.70. The van der Waals surface area contributed by atoms with E-state index in [-0.39, 0.29) is 5.91 Å². The fourth-order valence-electron chi connectivity index (χ4n) is 3.37. The number of fused-ring (bicyclic) bond motifs is 1. The van der Waals surface area contributed by atoms with Crippen LogP contribution < -0.4 is 10.1 Å². The molecule has 0 saturated heterocycles. The van der Waals surface area contributed by atoms with Crippen LogP contribution in [0.3, 0.4) is 0 Å². The van der Waals surface area contributed by atoms with Crippen LogP contribution in [-0.4, -0.2) is 24.7 Å². The number of benzene rings is 2. The first-order chi connectivity index (χ1) is 13.6. The molecule has 0 aliphatic heterocycles. The Hall–Kier alpha value is -2.07. The molecule has 0 unspecified atom stereocenters. The predicted octanol–water partition coefficient (Wildman–Crippen LogP) is 6.33. The molecule has 0 radical (unpaired) electrons. The summed E-state index contributed by atoms with van der Waals surface area (Å²) in [5.41, 5.74) is -0.0220. The summed E-state index contributed by atoms with van der Waals surface area (Å²) >= 11 is 0. The molecule has 0 aromatic heterocycles. The van der Waals surface area contributed by atoms with Crippen LogP contribution >= 0.6 is 0 Å². The van der Waals surface area contributed by atoms with Crippen molar-refractivity contribution in [2.45, 2.75) is 71.8 Å². The lowest BCUT2D eigenvalue weighted by Crippen LogP contribution is -2.42. The van der Waals surface area contributed by atoms with Crippen LogP contribution in [0, 0.1) is 0 Å². The molecule has 0 bridgehead atoms. The number of carbonyl (C=O) groups excluding carboxylic acids is 1. The van der Waals surface area contributed by atoms with Crippen LogP contribution in [0.4, 0.5) is 5.69 Å². The van der Waals surface area contributed by atoms with Gasteiger partial charge in [-0.2, -0.15) is 0 Å². The van der Waals surface area contributed by atoms with Gasteiger partial charge in [0, 0.05) is 23.1 Å². The molecule has 1 amide bonds. The lowest BCUT2D eigenvalue weighted by Gasteiger charge is -2.28. The minimum Gasteiger partial charge on any atom is -0.493 e. The molecule has 1 atom stereocenters. The molecular weight excluding hydrogens is 350 g/mol. The first-order valence-electron chi connectivity index (χ1n) is 10.7. The number of hydrogen-bond acceptors (Lipinski definition) is 3. The van der Waals surface area contributed by atoms with Crippen LogP contribution in [0.1, 0.15) is 66.2 Å². The summed E-state index contributed by atoms with van der Waals surface area (Å²) in [7, 11) is 0. The van der Waals surface area contributed by atoms with E-state index in [0.29, 0.717) is 13.2 Å². The monoisotopic (exact) mass is 385 g/mol. The van der Waals surface area contributed by atoms with E-state index in [1.165, 1.54) is 0 Å². The molecule has 0 aliphatic carbocycles. The van der Waals surface area contributed by atoms with Crippen molar-refractivity contribution in [3.63, 3.8) is 0 Å². The normalized spacial score (nSPS) is 13.3. The van der Waals surface area contributed by atoms with Crippen molar-refractivity contribution in [2.75, 3.05) is 18.5 Å². The van der Waals surface area contributed by atoms with Gasteiger partial charge < -0.3 is 14.8 Å². The maximum Gasteiger partial charge on any atom is 0.256 e. The van der Waals surface area contributed by atoms with Gasteiger partial charge in [0.1, 0.15) is 11.4 Å². The lowest BCUT2D eigenvalue weighted by atomic mass is 9.96. The molecule has 154 valence electrons. The van der Waals surface area contributed by atoms with Gasteiger partial charge in [-0.1, -0.05) is 63.8 Å². The highest BCUT2D eigenvalue weighted by molar-refractivity contribution is 6.06. The Morgan fingerprint density at radius 3 is 2.36 bits per heavy atom. The number of hydrogen-bond donors (Lipinski definition) is 1. The second-order valence-corrected chi connectivity index (χ2v) is 7.43. The number of amides is 1. The standard InChI is InChI=1S/C24H35NO3/c1-5-8-12-17-24(4,28-7-3)23(26)25-21-15-16-22(27-18-9-6-2)20-14-11-10-13-19(20)21/h10-11,13-16H,5-9,12,17-18H2,1-4H3,(H,25,26)/t24-/m1/s1. The van der Waals surface area contributed by atoms with Crippen LogP contribution in [0.15, 0.2) is 36.4 Å². The molecule has 0 heterocycles. The molecule has 28 heavy (non-hydrogen) atoms. The Labute approximate surface area is 169 Å². The highest BCUT2D eigenvalue weighted by Crippen LogP contribution is 2.33. The van der Waals surface area contributed by atoms with Crippen molar-refractivity contribution in [3.05, 3.63) is 36.4 Å². The van der Waals surface area contributed by atoms with Gasteiger partial charge in [0.25, 0.3) is 5.91 Å². The van der Waals surface area contributed by atoms with Crippen molar-refractivity contribution in [3.8, 4) is 5.75 Å². The molecule has 2 aromatic carbocycles. The quantitative estimate of drug-likeness (QED) is 0.434. The summed E-state index contributed by atoms with van der Waals surface area (Å²) in [4.78, 5) is 13.1. The summed E-state index contributed by atoms with van der Waals surface area (Å²) in [6, 6.07) is 11.9. The smallest absolute Gasteiger partial charge is 0.256 e. The fraction of sp³-hybridized carbons (Fsp3) is 0.542. The van der Waals surface area contributed by atoms with E-state index < -0.39 is 5.60 Å². The van der Waals surface area contributed by atoms with Gasteiger partial charge in [0.05, 0.1) is 6.61 Å². The van der Waals surface area contributed by atoms with Crippen molar-refractivity contribution in [1.29, 1.82) is 0 Å².